The van der Waals surface area contributed by atoms with Crippen LogP contribution in [-0.4, -0.2) is 22.6 Å². The Bertz CT molecular complexity index is 1300. The first kappa shape index (κ1) is 22.0. The summed E-state index contributed by atoms with van der Waals surface area (Å²) in [6, 6.07) is 17.1. The van der Waals surface area contributed by atoms with Crippen LogP contribution in [0, 0.1) is 19.7 Å². The second kappa shape index (κ2) is 9.50. The predicted molar refractivity (Wildman–Crippen MR) is 129 cm³/mol. The van der Waals surface area contributed by atoms with Crippen LogP contribution in [0.2, 0.25) is 0 Å². The minimum atomic E-state index is -0.568. The summed E-state index contributed by atoms with van der Waals surface area (Å²) in [7, 11) is 0. The number of para-hydroxylation sites is 1. The van der Waals surface area contributed by atoms with Gasteiger partial charge in [-0.1, -0.05) is 42.1 Å². The van der Waals surface area contributed by atoms with Crippen molar-refractivity contribution in [2.45, 2.75) is 18.2 Å². The van der Waals surface area contributed by atoms with Crippen molar-refractivity contribution in [1.29, 1.82) is 0 Å². The number of carbonyl (C=O) groups is 2. The molecule has 0 fully saturated rings. The van der Waals surface area contributed by atoms with E-state index in [0.29, 0.717) is 5.69 Å². The molecule has 4 aromatic rings. The third-order valence-electron chi connectivity index (χ3n) is 4.82. The van der Waals surface area contributed by atoms with Gasteiger partial charge in [-0.15, -0.1) is 11.3 Å². The van der Waals surface area contributed by atoms with Crippen LogP contribution in [0.5, 0.6) is 0 Å². The van der Waals surface area contributed by atoms with Gasteiger partial charge in [0.25, 0.3) is 5.91 Å². The van der Waals surface area contributed by atoms with Crippen LogP contribution in [0.4, 0.5) is 15.8 Å². The molecule has 8 heteroatoms. The molecule has 4 rings (SSSR count). The summed E-state index contributed by atoms with van der Waals surface area (Å²) >= 11 is 2.80. The van der Waals surface area contributed by atoms with E-state index in [1.54, 1.807) is 24.3 Å². The Hall–Kier alpha value is -3.23. The van der Waals surface area contributed by atoms with Crippen molar-refractivity contribution in [3.8, 4) is 0 Å². The summed E-state index contributed by atoms with van der Waals surface area (Å²) in [4.78, 5) is 29.3. The lowest BCUT2D eigenvalue weighted by Crippen LogP contribution is -2.15. The van der Waals surface area contributed by atoms with Gasteiger partial charge in [0.15, 0.2) is 4.34 Å². The highest BCUT2D eigenvalue weighted by Crippen LogP contribution is 2.31. The number of anilines is 2. The van der Waals surface area contributed by atoms with Gasteiger partial charge in [-0.25, -0.2) is 9.37 Å². The Labute approximate surface area is 193 Å². The second-order valence-electron chi connectivity index (χ2n) is 7.20. The van der Waals surface area contributed by atoms with E-state index in [-0.39, 0.29) is 17.2 Å². The number of hydrogen-bond donors (Lipinski definition) is 2. The molecule has 0 aliphatic carbocycles. The van der Waals surface area contributed by atoms with Gasteiger partial charge in [0.05, 0.1) is 21.5 Å². The number of halogens is 1. The molecular formula is C24H20FN3O2S2. The molecule has 2 N–H and O–H groups in total. The molecule has 3 aromatic carbocycles. The van der Waals surface area contributed by atoms with E-state index in [1.807, 2.05) is 32.0 Å². The highest BCUT2D eigenvalue weighted by molar-refractivity contribution is 8.01. The minimum Gasteiger partial charge on any atom is -0.325 e. The van der Waals surface area contributed by atoms with Crippen molar-refractivity contribution < 1.29 is 14.0 Å². The molecule has 0 aliphatic heterocycles. The lowest BCUT2D eigenvalue weighted by molar-refractivity contribution is -0.113. The van der Waals surface area contributed by atoms with Gasteiger partial charge >= 0.3 is 0 Å². The molecule has 1 heterocycles. The number of rotatable bonds is 6. The highest BCUT2D eigenvalue weighted by atomic mass is 32.2. The zero-order chi connectivity index (χ0) is 22.7. The molecule has 0 spiro atoms. The van der Waals surface area contributed by atoms with E-state index < -0.39 is 11.7 Å². The topological polar surface area (TPSA) is 71.1 Å². The van der Waals surface area contributed by atoms with Crippen LogP contribution >= 0.6 is 23.1 Å². The Morgan fingerprint density at radius 3 is 2.50 bits per heavy atom. The number of fused-ring (bicyclic) bond motifs is 1. The molecule has 0 saturated heterocycles. The lowest BCUT2D eigenvalue weighted by atomic mass is 10.1. The number of thioether (sulfide) groups is 1. The number of nitrogens with zero attached hydrogens (tertiary/aromatic N) is 1. The minimum absolute atomic E-state index is 0.0111. The average molecular weight is 466 g/mol. The number of benzene rings is 3. The van der Waals surface area contributed by atoms with Crippen LogP contribution in [0.1, 0.15) is 21.5 Å². The van der Waals surface area contributed by atoms with Crippen LogP contribution in [0.25, 0.3) is 10.2 Å². The van der Waals surface area contributed by atoms with Crippen LogP contribution in [-0.2, 0) is 4.79 Å². The van der Waals surface area contributed by atoms with Crippen molar-refractivity contribution in [2.24, 2.45) is 0 Å². The molecule has 0 bridgehead atoms. The molecule has 0 aliphatic rings. The monoisotopic (exact) mass is 465 g/mol. The molecule has 32 heavy (non-hydrogen) atoms. The van der Waals surface area contributed by atoms with Crippen LogP contribution in [0.15, 0.2) is 65.0 Å². The van der Waals surface area contributed by atoms with Crippen molar-refractivity contribution in [1.82, 2.24) is 4.98 Å². The smallest absolute Gasteiger partial charge is 0.258 e. The Morgan fingerprint density at radius 2 is 1.75 bits per heavy atom. The third-order valence-corrected chi connectivity index (χ3v) is 6.98. The van der Waals surface area contributed by atoms with Gasteiger partial charge < -0.3 is 10.6 Å². The van der Waals surface area contributed by atoms with E-state index in [4.69, 9.17) is 0 Å². The Morgan fingerprint density at radius 1 is 1.00 bits per heavy atom. The largest absolute Gasteiger partial charge is 0.325 e. The Balaban J connectivity index is 1.41. The fourth-order valence-corrected chi connectivity index (χ4v) is 5.11. The van der Waals surface area contributed by atoms with E-state index in [1.165, 1.54) is 41.3 Å². The Kier molecular flexibility index (Phi) is 6.53. The maximum Gasteiger partial charge on any atom is 0.258 e. The van der Waals surface area contributed by atoms with Gasteiger partial charge in [-0.2, -0.15) is 0 Å². The number of hydrogen-bond acceptors (Lipinski definition) is 5. The summed E-state index contributed by atoms with van der Waals surface area (Å²) in [6.07, 6.45) is 0. The maximum atomic E-state index is 13.8. The number of aromatic nitrogens is 1. The van der Waals surface area contributed by atoms with Crippen molar-refractivity contribution >= 4 is 56.5 Å². The number of amides is 2. The van der Waals surface area contributed by atoms with Gasteiger partial charge in [0, 0.05) is 11.4 Å². The van der Waals surface area contributed by atoms with E-state index in [0.717, 1.165) is 31.4 Å². The normalized spacial score (nSPS) is 10.8. The fourth-order valence-electron chi connectivity index (χ4n) is 3.20. The zero-order valence-corrected chi connectivity index (χ0v) is 19.1. The van der Waals surface area contributed by atoms with E-state index >= 15 is 0 Å². The fraction of sp³-hybridized carbons (Fsp3) is 0.125. The first-order chi connectivity index (χ1) is 15.4. The van der Waals surface area contributed by atoms with Crippen molar-refractivity contribution in [2.75, 3.05) is 16.4 Å². The number of thiazole rings is 1. The molecule has 162 valence electrons. The maximum absolute atomic E-state index is 13.8. The molecule has 0 saturated carbocycles. The SMILES string of the molecule is Cc1cccc(C)c1NC(=O)CSc1nc2ccc(NC(=O)c3ccccc3F)cc2s1. The average Bonchev–Trinajstić information content (AvgIpc) is 3.17. The lowest BCUT2D eigenvalue weighted by Gasteiger charge is -2.10. The molecular weight excluding hydrogens is 445 g/mol. The molecule has 0 unspecified atom stereocenters. The van der Waals surface area contributed by atoms with Gasteiger partial charge in [-0.3, -0.25) is 9.59 Å². The summed E-state index contributed by atoms with van der Waals surface area (Å²) in [5, 5.41) is 5.69. The predicted octanol–water partition coefficient (Wildman–Crippen LogP) is 6.04. The van der Waals surface area contributed by atoms with Crippen LogP contribution in [0.3, 0.4) is 0 Å². The summed E-state index contributed by atoms with van der Waals surface area (Å²) < 4.78 is 15.5. The zero-order valence-electron chi connectivity index (χ0n) is 17.4. The van der Waals surface area contributed by atoms with Gasteiger partial charge in [0.2, 0.25) is 5.91 Å². The number of carbonyl (C=O) groups excluding carboxylic acids is 2. The third kappa shape index (κ3) is 4.98. The number of nitrogens with one attached hydrogen (secondary N) is 2. The first-order valence-corrected chi connectivity index (χ1v) is 11.7. The van der Waals surface area contributed by atoms with Crippen molar-refractivity contribution in [3.05, 3.63) is 83.2 Å². The van der Waals surface area contributed by atoms with E-state index in [2.05, 4.69) is 15.6 Å². The summed E-state index contributed by atoms with van der Waals surface area (Å²) in [5.41, 5.74) is 4.21. The quantitative estimate of drug-likeness (QED) is 0.341. The summed E-state index contributed by atoms with van der Waals surface area (Å²) in [6.45, 7) is 3.93. The molecule has 0 atom stereocenters. The van der Waals surface area contributed by atoms with Crippen LogP contribution < -0.4 is 10.6 Å². The highest BCUT2D eigenvalue weighted by Gasteiger charge is 2.13. The second-order valence-corrected chi connectivity index (χ2v) is 9.45. The van der Waals surface area contributed by atoms with E-state index in [9.17, 15) is 14.0 Å². The molecule has 0 radical (unpaired) electrons. The molecule has 2 amide bonds. The van der Waals surface area contributed by atoms with Gasteiger partial charge in [-0.05, 0) is 55.3 Å². The van der Waals surface area contributed by atoms with Crippen molar-refractivity contribution in [3.63, 3.8) is 0 Å². The standard InChI is InChI=1S/C24H20FN3O2S2/c1-14-6-5-7-15(2)22(14)28-21(29)13-31-24-27-19-11-10-16(12-20(19)32-24)26-23(30)17-8-3-4-9-18(17)25/h3-12H,13H2,1-2H3,(H,26,30)(H,28,29). The molecule has 1 aromatic heterocycles. The summed E-state index contributed by atoms with van der Waals surface area (Å²) in [5.74, 6) is -0.930. The molecule has 5 nitrogen and oxygen atoms in total. The van der Waals surface area contributed by atoms with Gasteiger partial charge in [0.1, 0.15) is 5.82 Å². The first-order valence-electron chi connectivity index (χ1n) is 9.86. The number of aryl methyl sites for hydroxylation is 2.